The van der Waals surface area contributed by atoms with Crippen LogP contribution in [0, 0.1) is 5.82 Å². The Morgan fingerprint density at radius 3 is 2.93 bits per heavy atom. The zero-order chi connectivity index (χ0) is 18.6. The molecule has 1 amide bonds. The number of carbonyl (C=O) groups excluding carboxylic acids is 1. The van der Waals surface area contributed by atoms with Crippen molar-refractivity contribution >= 4 is 17.2 Å². The molecule has 2 aromatic carbocycles. The van der Waals surface area contributed by atoms with Crippen molar-refractivity contribution in [3.63, 3.8) is 0 Å². The summed E-state index contributed by atoms with van der Waals surface area (Å²) >= 11 is 0. The SMILES string of the molecule is O=C(Nc1cccc(COc2cccc(F)c2)c1)c1cnn2cccnc12. The van der Waals surface area contributed by atoms with Crippen LogP contribution < -0.4 is 10.1 Å². The Hall–Kier alpha value is -3.74. The van der Waals surface area contributed by atoms with E-state index >= 15 is 0 Å². The average Bonchev–Trinajstić information content (AvgIpc) is 3.11. The van der Waals surface area contributed by atoms with E-state index in [0.717, 1.165) is 5.56 Å². The first-order valence-electron chi connectivity index (χ1n) is 8.26. The first-order valence-corrected chi connectivity index (χ1v) is 8.26. The van der Waals surface area contributed by atoms with Crippen LogP contribution in [0.2, 0.25) is 0 Å². The van der Waals surface area contributed by atoms with Crippen molar-refractivity contribution in [1.29, 1.82) is 0 Å². The van der Waals surface area contributed by atoms with Crippen molar-refractivity contribution in [3.05, 3.63) is 90.1 Å². The first kappa shape index (κ1) is 16.7. The van der Waals surface area contributed by atoms with Crippen molar-refractivity contribution in [3.8, 4) is 5.75 Å². The number of fused-ring (bicyclic) bond motifs is 1. The Morgan fingerprint density at radius 2 is 2.04 bits per heavy atom. The highest BCUT2D eigenvalue weighted by Gasteiger charge is 2.13. The number of amides is 1. The predicted molar refractivity (Wildman–Crippen MR) is 98.1 cm³/mol. The van der Waals surface area contributed by atoms with E-state index in [4.69, 9.17) is 4.74 Å². The quantitative estimate of drug-likeness (QED) is 0.588. The Bertz CT molecular complexity index is 1110. The lowest BCUT2D eigenvalue weighted by Crippen LogP contribution is -2.12. The van der Waals surface area contributed by atoms with Crippen molar-refractivity contribution < 1.29 is 13.9 Å². The van der Waals surface area contributed by atoms with Gasteiger partial charge in [-0.05, 0) is 35.9 Å². The smallest absolute Gasteiger partial charge is 0.261 e. The summed E-state index contributed by atoms with van der Waals surface area (Å²) in [7, 11) is 0. The molecule has 0 bridgehead atoms. The number of aromatic nitrogens is 3. The summed E-state index contributed by atoms with van der Waals surface area (Å²) in [6, 6.07) is 15.0. The number of nitrogens with zero attached hydrogens (tertiary/aromatic N) is 3. The molecular formula is C20H15FN4O2. The molecule has 0 saturated heterocycles. The summed E-state index contributed by atoms with van der Waals surface area (Å²) in [5, 5.41) is 6.95. The predicted octanol–water partition coefficient (Wildman–Crippen LogP) is 3.70. The molecule has 0 aliphatic carbocycles. The second-order valence-corrected chi connectivity index (χ2v) is 5.85. The second-order valence-electron chi connectivity index (χ2n) is 5.85. The maximum Gasteiger partial charge on any atom is 0.261 e. The van der Waals surface area contributed by atoms with Gasteiger partial charge in [-0.2, -0.15) is 5.10 Å². The third-order valence-corrected chi connectivity index (χ3v) is 3.91. The van der Waals surface area contributed by atoms with Crippen molar-refractivity contribution in [2.75, 3.05) is 5.32 Å². The average molecular weight is 362 g/mol. The molecule has 0 radical (unpaired) electrons. The van der Waals surface area contributed by atoms with Crippen LogP contribution >= 0.6 is 0 Å². The van der Waals surface area contributed by atoms with Crippen LogP contribution in [0.3, 0.4) is 0 Å². The minimum Gasteiger partial charge on any atom is -0.489 e. The van der Waals surface area contributed by atoms with Crippen LogP contribution in [0.1, 0.15) is 15.9 Å². The standard InChI is InChI=1S/C20H15FN4O2/c21-15-5-2-7-17(11-15)27-13-14-4-1-6-16(10-14)24-20(26)18-12-23-25-9-3-8-22-19(18)25/h1-12H,13H2,(H,24,26). The van der Waals surface area contributed by atoms with Crippen LogP contribution in [0.5, 0.6) is 5.75 Å². The number of benzene rings is 2. The molecular weight excluding hydrogens is 347 g/mol. The maximum absolute atomic E-state index is 13.2. The summed E-state index contributed by atoms with van der Waals surface area (Å²) in [5.74, 6) is -0.204. The molecule has 7 heteroatoms. The zero-order valence-electron chi connectivity index (χ0n) is 14.2. The summed E-state index contributed by atoms with van der Waals surface area (Å²) in [6.07, 6.45) is 4.82. The molecule has 2 heterocycles. The van der Waals surface area contributed by atoms with Crippen LogP contribution in [0.4, 0.5) is 10.1 Å². The molecule has 1 N–H and O–H groups in total. The number of hydrogen-bond acceptors (Lipinski definition) is 4. The zero-order valence-corrected chi connectivity index (χ0v) is 14.2. The van der Waals surface area contributed by atoms with Gasteiger partial charge in [0, 0.05) is 24.1 Å². The van der Waals surface area contributed by atoms with Crippen LogP contribution in [-0.4, -0.2) is 20.5 Å². The van der Waals surface area contributed by atoms with Gasteiger partial charge >= 0.3 is 0 Å². The van der Waals surface area contributed by atoms with E-state index in [1.165, 1.54) is 22.8 Å². The second kappa shape index (κ2) is 7.25. The Labute approximate surface area is 154 Å². The molecule has 0 aliphatic heterocycles. The van der Waals surface area contributed by atoms with Crippen LogP contribution in [0.25, 0.3) is 5.65 Å². The van der Waals surface area contributed by atoms with Gasteiger partial charge < -0.3 is 10.1 Å². The van der Waals surface area contributed by atoms with E-state index in [9.17, 15) is 9.18 Å². The van der Waals surface area contributed by atoms with Crippen molar-refractivity contribution in [2.45, 2.75) is 6.61 Å². The third-order valence-electron chi connectivity index (χ3n) is 3.91. The molecule has 4 rings (SSSR count). The number of carbonyl (C=O) groups is 1. The summed E-state index contributed by atoms with van der Waals surface area (Å²) in [4.78, 5) is 16.7. The lowest BCUT2D eigenvalue weighted by molar-refractivity contribution is 0.102. The number of hydrogen-bond donors (Lipinski definition) is 1. The van der Waals surface area contributed by atoms with E-state index in [-0.39, 0.29) is 18.3 Å². The van der Waals surface area contributed by atoms with Gasteiger partial charge in [0.2, 0.25) is 0 Å². The fourth-order valence-electron chi connectivity index (χ4n) is 2.65. The van der Waals surface area contributed by atoms with Gasteiger partial charge in [-0.1, -0.05) is 18.2 Å². The lowest BCUT2D eigenvalue weighted by Gasteiger charge is -2.09. The van der Waals surface area contributed by atoms with Gasteiger partial charge in [0.1, 0.15) is 23.7 Å². The largest absolute Gasteiger partial charge is 0.489 e. The van der Waals surface area contributed by atoms with E-state index in [1.807, 2.05) is 12.1 Å². The highest BCUT2D eigenvalue weighted by molar-refractivity contribution is 6.08. The van der Waals surface area contributed by atoms with Crippen molar-refractivity contribution in [1.82, 2.24) is 14.6 Å². The minimum absolute atomic E-state index is 0.255. The van der Waals surface area contributed by atoms with Crippen LogP contribution in [-0.2, 0) is 6.61 Å². The van der Waals surface area contributed by atoms with Crippen LogP contribution in [0.15, 0.2) is 73.2 Å². The summed E-state index contributed by atoms with van der Waals surface area (Å²) < 4.78 is 20.3. The molecule has 4 aromatic rings. The van der Waals surface area contributed by atoms with Gasteiger partial charge in [0.15, 0.2) is 5.65 Å². The van der Waals surface area contributed by atoms with E-state index in [1.54, 1.807) is 42.7 Å². The normalized spacial score (nSPS) is 10.7. The number of ether oxygens (including phenoxy) is 1. The molecule has 0 fully saturated rings. The minimum atomic E-state index is -0.351. The lowest BCUT2D eigenvalue weighted by atomic mass is 10.2. The van der Waals surface area contributed by atoms with E-state index in [2.05, 4.69) is 15.4 Å². The molecule has 0 saturated carbocycles. The number of nitrogens with one attached hydrogen (secondary N) is 1. The number of rotatable bonds is 5. The highest BCUT2D eigenvalue weighted by Crippen LogP contribution is 2.17. The monoisotopic (exact) mass is 362 g/mol. The maximum atomic E-state index is 13.2. The molecule has 0 unspecified atom stereocenters. The fraction of sp³-hybridized carbons (Fsp3) is 0.0500. The van der Waals surface area contributed by atoms with Gasteiger partial charge in [0.05, 0.1) is 6.20 Å². The summed E-state index contributed by atoms with van der Waals surface area (Å²) in [6.45, 7) is 0.255. The topological polar surface area (TPSA) is 68.5 Å². The van der Waals surface area contributed by atoms with E-state index in [0.29, 0.717) is 22.6 Å². The molecule has 0 atom stereocenters. The van der Waals surface area contributed by atoms with E-state index < -0.39 is 0 Å². The Morgan fingerprint density at radius 1 is 1.15 bits per heavy atom. The van der Waals surface area contributed by atoms with Gasteiger partial charge in [-0.25, -0.2) is 13.9 Å². The molecule has 6 nitrogen and oxygen atoms in total. The number of anilines is 1. The van der Waals surface area contributed by atoms with Gasteiger partial charge in [0.25, 0.3) is 5.91 Å². The fourth-order valence-corrected chi connectivity index (χ4v) is 2.65. The number of halogens is 1. The Balaban J connectivity index is 1.46. The third kappa shape index (κ3) is 3.77. The first-order chi connectivity index (χ1) is 13.2. The van der Waals surface area contributed by atoms with Gasteiger partial charge in [-0.15, -0.1) is 0 Å². The molecule has 0 spiro atoms. The summed E-state index contributed by atoms with van der Waals surface area (Å²) in [5.41, 5.74) is 2.34. The van der Waals surface area contributed by atoms with Crippen molar-refractivity contribution in [2.24, 2.45) is 0 Å². The Kier molecular flexibility index (Phi) is 4.49. The highest BCUT2D eigenvalue weighted by atomic mass is 19.1. The molecule has 134 valence electrons. The van der Waals surface area contributed by atoms with Gasteiger partial charge in [-0.3, -0.25) is 4.79 Å². The molecule has 2 aromatic heterocycles. The molecule has 27 heavy (non-hydrogen) atoms. The molecule has 0 aliphatic rings.